The molecule has 0 aliphatic carbocycles. The average Bonchev–Trinajstić information content (AvgIpc) is 3.14. The highest BCUT2D eigenvalue weighted by Gasteiger charge is 2.33. The largest absolute Gasteiger partial charge is 0.373 e. The van der Waals surface area contributed by atoms with Crippen LogP contribution in [0.3, 0.4) is 0 Å². The Kier molecular flexibility index (Phi) is 6.36. The van der Waals surface area contributed by atoms with Gasteiger partial charge < -0.3 is 15.4 Å². The van der Waals surface area contributed by atoms with Crippen molar-refractivity contribution in [2.24, 2.45) is 0 Å². The van der Waals surface area contributed by atoms with Crippen LogP contribution >= 0.6 is 0 Å². The molecule has 2 amide bonds. The van der Waals surface area contributed by atoms with Crippen LogP contribution in [0.1, 0.15) is 33.3 Å². The van der Waals surface area contributed by atoms with E-state index in [1.165, 1.54) is 0 Å². The molecule has 152 valence electrons. The highest BCUT2D eigenvalue weighted by Crippen LogP contribution is 2.20. The Labute approximate surface area is 167 Å². The van der Waals surface area contributed by atoms with Crippen LogP contribution in [0.25, 0.3) is 5.69 Å². The lowest BCUT2D eigenvalue weighted by Crippen LogP contribution is -2.59. The fourth-order valence-electron chi connectivity index (χ4n) is 3.50. The van der Waals surface area contributed by atoms with Gasteiger partial charge >= 0.3 is 6.03 Å². The van der Waals surface area contributed by atoms with Crippen molar-refractivity contribution in [3.63, 3.8) is 0 Å². The monoisotopic (exact) mass is 385 g/mol. The number of morpholine rings is 1. The average molecular weight is 386 g/mol. The van der Waals surface area contributed by atoms with Gasteiger partial charge in [0.2, 0.25) is 0 Å². The van der Waals surface area contributed by atoms with Crippen molar-refractivity contribution in [1.29, 1.82) is 0 Å². The molecule has 1 aromatic carbocycles. The normalized spacial score (nSPS) is 20.7. The van der Waals surface area contributed by atoms with E-state index in [0.717, 1.165) is 24.3 Å². The first kappa shape index (κ1) is 20.4. The van der Waals surface area contributed by atoms with Gasteiger partial charge in [0, 0.05) is 43.5 Å². The zero-order chi connectivity index (χ0) is 20.1. The number of ether oxygens (including phenoxy) is 1. The summed E-state index contributed by atoms with van der Waals surface area (Å²) in [5.74, 6) is 0. The van der Waals surface area contributed by atoms with Gasteiger partial charge in [-0.15, -0.1) is 0 Å². The van der Waals surface area contributed by atoms with Crippen LogP contribution in [0.2, 0.25) is 0 Å². The molecule has 1 fully saturated rings. The predicted molar refractivity (Wildman–Crippen MR) is 109 cm³/mol. The molecule has 7 nitrogen and oxygen atoms in total. The summed E-state index contributed by atoms with van der Waals surface area (Å²) < 4.78 is 7.61. The topological polar surface area (TPSA) is 71.4 Å². The number of nitrogens with one attached hydrogen (secondary N) is 2. The van der Waals surface area contributed by atoms with E-state index in [2.05, 4.69) is 48.3 Å². The van der Waals surface area contributed by atoms with Crippen LogP contribution in [-0.2, 0) is 11.3 Å². The number of nitrogens with zero attached hydrogens (tertiary/aromatic N) is 3. The van der Waals surface area contributed by atoms with Crippen molar-refractivity contribution >= 4 is 6.03 Å². The van der Waals surface area contributed by atoms with Gasteiger partial charge in [-0.25, -0.2) is 9.48 Å². The molecule has 1 aliphatic heterocycles. The molecule has 2 N–H and O–H groups in total. The van der Waals surface area contributed by atoms with Crippen LogP contribution in [0.15, 0.2) is 42.7 Å². The van der Waals surface area contributed by atoms with Gasteiger partial charge in [-0.05, 0) is 39.8 Å². The van der Waals surface area contributed by atoms with E-state index in [0.29, 0.717) is 13.1 Å². The molecule has 1 saturated heterocycles. The summed E-state index contributed by atoms with van der Waals surface area (Å²) >= 11 is 0. The molecule has 3 rings (SSSR count). The number of hydrogen-bond acceptors (Lipinski definition) is 4. The highest BCUT2D eigenvalue weighted by atomic mass is 16.5. The number of carbonyl (C=O) groups is 1. The maximum atomic E-state index is 12.3. The van der Waals surface area contributed by atoms with Gasteiger partial charge in [-0.3, -0.25) is 4.90 Å². The molecule has 0 bridgehead atoms. The number of urea groups is 1. The van der Waals surface area contributed by atoms with Crippen molar-refractivity contribution in [1.82, 2.24) is 25.3 Å². The van der Waals surface area contributed by atoms with E-state index in [4.69, 9.17) is 4.74 Å². The summed E-state index contributed by atoms with van der Waals surface area (Å²) in [7, 11) is 0. The summed E-state index contributed by atoms with van der Waals surface area (Å²) in [6, 6.07) is 9.73. The second kappa shape index (κ2) is 8.75. The van der Waals surface area contributed by atoms with Gasteiger partial charge in [0.05, 0.1) is 24.1 Å². The second-order valence-electron chi connectivity index (χ2n) is 8.14. The molecule has 0 spiro atoms. The Balaban J connectivity index is 1.46. The van der Waals surface area contributed by atoms with Gasteiger partial charge in [-0.1, -0.05) is 18.2 Å². The van der Waals surface area contributed by atoms with Crippen molar-refractivity contribution in [2.75, 3.05) is 19.6 Å². The molecular formula is C21H31N5O2. The van der Waals surface area contributed by atoms with Gasteiger partial charge in [0.15, 0.2) is 0 Å². The van der Waals surface area contributed by atoms with Gasteiger partial charge in [0.25, 0.3) is 0 Å². The van der Waals surface area contributed by atoms with Gasteiger partial charge in [-0.2, -0.15) is 5.10 Å². The van der Waals surface area contributed by atoms with Crippen molar-refractivity contribution in [2.45, 2.75) is 52.0 Å². The lowest BCUT2D eigenvalue weighted by molar-refractivity contribution is -0.0947. The highest BCUT2D eigenvalue weighted by molar-refractivity contribution is 5.73. The molecule has 28 heavy (non-hydrogen) atoms. The fourth-order valence-corrected chi connectivity index (χ4v) is 3.50. The molecule has 1 aliphatic rings. The third kappa shape index (κ3) is 5.33. The summed E-state index contributed by atoms with van der Waals surface area (Å²) in [5, 5.41) is 10.3. The molecule has 0 saturated carbocycles. The van der Waals surface area contributed by atoms with E-state index in [1.54, 1.807) is 10.9 Å². The number of rotatable bonds is 6. The van der Waals surface area contributed by atoms with Crippen LogP contribution in [0.4, 0.5) is 4.79 Å². The first-order valence-corrected chi connectivity index (χ1v) is 9.85. The Morgan fingerprint density at radius 1 is 1.18 bits per heavy atom. The molecular weight excluding hydrogens is 354 g/mol. The molecule has 2 atom stereocenters. The lowest BCUT2D eigenvalue weighted by Gasteiger charge is -2.45. The van der Waals surface area contributed by atoms with E-state index >= 15 is 0 Å². The minimum Gasteiger partial charge on any atom is -0.373 e. The van der Waals surface area contributed by atoms with Crippen LogP contribution < -0.4 is 10.6 Å². The molecule has 0 radical (unpaired) electrons. The molecule has 2 unspecified atom stereocenters. The number of para-hydroxylation sites is 1. The van der Waals surface area contributed by atoms with E-state index in [9.17, 15) is 4.79 Å². The second-order valence-corrected chi connectivity index (χ2v) is 8.14. The van der Waals surface area contributed by atoms with Gasteiger partial charge in [0.1, 0.15) is 0 Å². The minimum absolute atomic E-state index is 0.137. The van der Waals surface area contributed by atoms with Crippen LogP contribution in [-0.4, -0.2) is 58.1 Å². The van der Waals surface area contributed by atoms with Crippen LogP contribution in [0, 0.1) is 0 Å². The Hall–Kier alpha value is -2.38. The Morgan fingerprint density at radius 2 is 1.86 bits per heavy atom. The first-order chi connectivity index (χ1) is 13.3. The van der Waals surface area contributed by atoms with Crippen molar-refractivity contribution in [3.8, 4) is 5.69 Å². The number of benzene rings is 1. The van der Waals surface area contributed by atoms with E-state index in [1.807, 2.05) is 36.5 Å². The summed E-state index contributed by atoms with van der Waals surface area (Å²) in [4.78, 5) is 14.6. The summed E-state index contributed by atoms with van der Waals surface area (Å²) in [6.07, 6.45) is 4.11. The maximum Gasteiger partial charge on any atom is 0.315 e. The standard InChI is InChI=1S/C21H31N5O2/c1-16-12-25(13-17(2)28-16)21(3,4)15-23-20(27)22-10-18-11-24-26(14-18)19-8-6-5-7-9-19/h5-9,11,14,16-17H,10,12-13,15H2,1-4H3,(H2,22,23,27). The molecule has 7 heteroatoms. The molecule has 2 aromatic rings. The zero-order valence-corrected chi connectivity index (χ0v) is 17.2. The number of amides is 2. The third-order valence-electron chi connectivity index (χ3n) is 5.07. The number of aromatic nitrogens is 2. The number of hydrogen-bond donors (Lipinski definition) is 2. The van der Waals surface area contributed by atoms with Crippen molar-refractivity contribution < 1.29 is 9.53 Å². The minimum atomic E-state index is -0.171. The Bertz CT molecular complexity index is 764. The summed E-state index contributed by atoms with van der Waals surface area (Å²) in [5.41, 5.74) is 1.81. The maximum absolute atomic E-state index is 12.3. The fraction of sp³-hybridized carbons (Fsp3) is 0.524. The lowest BCUT2D eigenvalue weighted by atomic mass is 10.00. The SMILES string of the molecule is CC1CN(C(C)(C)CNC(=O)NCc2cnn(-c3ccccc3)c2)CC(C)O1. The molecule has 2 heterocycles. The third-order valence-corrected chi connectivity index (χ3v) is 5.07. The number of carbonyl (C=O) groups excluding carboxylic acids is 1. The smallest absolute Gasteiger partial charge is 0.315 e. The Morgan fingerprint density at radius 3 is 2.54 bits per heavy atom. The van der Waals surface area contributed by atoms with E-state index in [-0.39, 0.29) is 23.8 Å². The predicted octanol–water partition coefficient (Wildman–Crippen LogP) is 2.56. The zero-order valence-electron chi connectivity index (χ0n) is 17.2. The first-order valence-electron chi connectivity index (χ1n) is 9.85. The quantitative estimate of drug-likeness (QED) is 0.802. The van der Waals surface area contributed by atoms with Crippen molar-refractivity contribution in [3.05, 3.63) is 48.3 Å². The van der Waals surface area contributed by atoms with Crippen LogP contribution in [0.5, 0.6) is 0 Å². The summed E-state index contributed by atoms with van der Waals surface area (Å²) in [6.45, 7) is 11.2. The molecule has 1 aromatic heterocycles. The van der Waals surface area contributed by atoms with E-state index < -0.39 is 0 Å².